The second-order valence-corrected chi connectivity index (χ2v) is 7.91. The summed E-state index contributed by atoms with van der Waals surface area (Å²) in [5, 5.41) is 0. The van der Waals surface area contributed by atoms with Gasteiger partial charge in [0.1, 0.15) is 0 Å². The summed E-state index contributed by atoms with van der Waals surface area (Å²) in [7, 11) is 0. The lowest BCUT2D eigenvalue weighted by atomic mass is 9.67. The molecule has 0 aliphatic rings. The minimum atomic E-state index is -0.340. The van der Waals surface area contributed by atoms with E-state index in [0.717, 1.165) is 24.0 Å². The maximum Gasteiger partial charge on any atom is 0.240 e. The fourth-order valence-electron chi connectivity index (χ4n) is 4.33. The minimum absolute atomic E-state index is 0.340. The topological polar surface area (TPSA) is 58.9 Å². The monoisotopic (exact) mass is 430 g/mol. The first-order chi connectivity index (χ1) is 16.2. The largest absolute Gasteiger partial charge is 0.240 e. The maximum absolute atomic E-state index is 10.6. The molecule has 160 valence electrons. The smallest absolute Gasteiger partial charge is 0.211 e. The predicted octanol–water partition coefficient (Wildman–Crippen LogP) is 6.39. The third-order valence-corrected chi connectivity index (χ3v) is 5.89. The molecule has 0 heterocycles. The van der Waals surface area contributed by atoms with Gasteiger partial charge in [0, 0.05) is 5.41 Å². The molecule has 0 atom stereocenters. The molecule has 0 spiro atoms. The number of carbonyl (C=O) groups excluding carboxylic acids is 2. The first kappa shape index (κ1) is 21.9. The van der Waals surface area contributed by atoms with Gasteiger partial charge in [-0.05, 0) is 59.4 Å². The van der Waals surface area contributed by atoms with Crippen LogP contribution < -0.4 is 0 Å². The molecule has 0 aliphatic carbocycles. The molecule has 0 fully saturated rings. The summed E-state index contributed by atoms with van der Waals surface area (Å²) in [6.07, 6.45) is 4.69. The van der Waals surface area contributed by atoms with Gasteiger partial charge in [0.15, 0.2) is 0 Å². The Bertz CT molecular complexity index is 1180. The molecule has 0 aromatic heterocycles. The third kappa shape index (κ3) is 5.11. The Morgan fingerprint density at radius 3 is 1.21 bits per heavy atom. The zero-order valence-corrected chi connectivity index (χ0v) is 18.0. The highest BCUT2D eigenvalue weighted by molar-refractivity contribution is 5.52. The summed E-state index contributed by atoms with van der Waals surface area (Å²) in [4.78, 5) is 28.6. The van der Waals surface area contributed by atoms with E-state index in [4.69, 9.17) is 0 Å². The fourth-order valence-corrected chi connectivity index (χ4v) is 4.33. The van der Waals surface area contributed by atoms with Crippen molar-refractivity contribution in [2.45, 2.75) is 18.3 Å². The van der Waals surface area contributed by atoms with E-state index in [0.29, 0.717) is 11.4 Å². The Labute approximate surface area is 193 Å². The highest BCUT2D eigenvalue weighted by Crippen LogP contribution is 2.39. The second kappa shape index (κ2) is 10.3. The molecule has 0 radical (unpaired) electrons. The van der Waals surface area contributed by atoms with Gasteiger partial charge in [0.2, 0.25) is 12.2 Å². The van der Waals surface area contributed by atoms with Gasteiger partial charge in [0.25, 0.3) is 0 Å². The molecule has 4 rings (SSSR count). The van der Waals surface area contributed by atoms with E-state index in [2.05, 4.69) is 58.5 Å². The van der Waals surface area contributed by atoms with E-state index in [1.807, 2.05) is 60.7 Å². The van der Waals surface area contributed by atoms with Crippen LogP contribution in [-0.2, 0) is 27.8 Å². The predicted molar refractivity (Wildman–Crippen MR) is 130 cm³/mol. The molecule has 4 heteroatoms. The summed E-state index contributed by atoms with van der Waals surface area (Å²) in [6.45, 7) is 0. The molecule has 0 saturated heterocycles. The van der Waals surface area contributed by atoms with Gasteiger partial charge in [-0.15, -0.1) is 0 Å². The van der Waals surface area contributed by atoms with E-state index < -0.39 is 0 Å². The van der Waals surface area contributed by atoms with Crippen LogP contribution in [0.4, 0.5) is 11.4 Å². The first-order valence-electron chi connectivity index (χ1n) is 10.7. The molecule has 0 saturated carbocycles. The number of aliphatic imine (C=N–C) groups is 2. The van der Waals surface area contributed by atoms with Crippen molar-refractivity contribution in [3.8, 4) is 0 Å². The third-order valence-electron chi connectivity index (χ3n) is 5.89. The molecule has 0 N–H and O–H groups in total. The highest BCUT2D eigenvalue weighted by atomic mass is 16.1. The van der Waals surface area contributed by atoms with Crippen LogP contribution in [0.5, 0.6) is 0 Å². The lowest BCUT2D eigenvalue weighted by Crippen LogP contribution is -2.33. The van der Waals surface area contributed by atoms with Crippen molar-refractivity contribution in [3.63, 3.8) is 0 Å². The highest BCUT2D eigenvalue weighted by Gasteiger charge is 2.34. The first-order valence-corrected chi connectivity index (χ1v) is 10.7. The number of rotatable bonds is 8. The summed E-state index contributed by atoms with van der Waals surface area (Å²) in [6, 6.07) is 36.4. The van der Waals surface area contributed by atoms with Gasteiger partial charge in [-0.25, -0.2) is 9.59 Å². The zero-order valence-electron chi connectivity index (χ0n) is 18.0. The molecular formula is C29H22N2O2. The molecule has 0 bridgehead atoms. The van der Waals surface area contributed by atoms with Gasteiger partial charge in [-0.2, -0.15) is 9.98 Å². The molecule has 0 unspecified atom stereocenters. The van der Waals surface area contributed by atoms with E-state index in [1.165, 1.54) is 11.1 Å². The molecule has 4 nitrogen and oxygen atoms in total. The number of nitrogens with zero attached hydrogens (tertiary/aromatic N) is 2. The Morgan fingerprint density at radius 1 is 0.515 bits per heavy atom. The van der Waals surface area contributed by atoms with Gasteiger partial charge in [0.05, 0.1) is 11.4 Å². The molecule has 0 amide bonds. The Hall–Kier alpha value is -4.36. The van der Waals surface area contributed by atoms with Crippen LogP contribution in [0.25, 0.3) is 0 Å². The molecule has 4 aromatic rings. The van der Waals surface area contributed by atoms with Crippen molar-refractivity contribution < 1.29 is 9.59 Å². The van der Waals surface area contributed by atoms with E-state index >= 15 is 0 Å². The van der Waals surface area contributed by atoms with Crippen molar-refractivity contribution in [3.05, 3.63) is 131 Å². The summed E-state index contributed by atoms with van der Waals surface area (Å²) < 4.78 is 0. The maximum atomic E-state index is 10.6. The molecule has 33 heavy (non-hydrogen) atoms. The van der Waals surface area contributed by atoms with Crippen LogP contribution >= 0.6 is 0 Å². The van der Waals surface area contributed by atoms with Crippen LogP contribution in [0.3, 0.4) is 0 Å². The van der Waals surface area contributed by atoms with Crippen LogP contribution in [0.15, 0.2) is 119 Å². The van der Waals surface area contributed by atoms with E-state index in [-0.39, 0.29) is 5.41 Å². The summed E-state index contributed by atoms with van der Waals surface area (Å²) >= 11 is 0. The quantitative estimate of drug-likeness (QED) is 0.240. The van der Waals surface area contributed by atoms with Crippen molar-refractivity contribution >= 4 is 23.5 Å². The average molecular weight is 431 g/mol. The Kier molecular flexibility index (Phi) is 6.82. The van der Waals surface area contributed by atoms with Crippen molar-refractivity contribution in [2.24, 2.45) is 9.98 Å². The van der Waals surface area contributed by atoms with E-state index in [1.54, 1.807) is 12.2 Å². The normalized spacial score (nSPS) is 10.7. The molecular weight excluding hydrogens is 408 g/mol. The van der Waals surface area contributed by atoms with Crippen molar-refractivity contribution in [1.29, 1.82) is 0 Å². The van der Waals surface area contributed by atoms with Crippen LogP contribution in [0.1, 0.15) is 22.3 Å². The number of isocyanates is 2. The number of hydrogen-bond acceptors (Lipinski definition) is 4. The van der Waals surface area contributed by atoms with Crippen LogP contribution in [0.2, 0.25) is 0 Å². The van der Waals surface area contributed by atoms with Gasteiger partial charge < -0.3 is 0 Å². The van der Waals surface area contributed by atoms with Gasteiger partial charge in [-0.1, -0.05) is 84.9 Å². The van der Waals surface area contributed by atoms with Gasteiger partial charge in [-0.3, -0.25) is 0 Å². The fraction of sp³-hybridized carbons (Fsp3) is 0.103. The lowest BCUT2D eigenvalue weighted by Gasteiger charge is -2.36. The lowest BCUT2D eigenvalue weighted by molar-refractivity contribution is 0.507. The Balaban J connectivity index is 1.84. The van der Waals surface area contributed by atoms with Crippen LogP contribution in [0, 0.1) is 0 Å². The molecule has 0 aliphatic heterocycles. The minimum Gasteiger partial charge on any atom is -0.211 e. The van der Waals surface area contributed by atoms with Crippen molar-refractivity contribution in [1.82, 2.24) is 0 Å². The van der Waals surface area contributed by atoms with Gasteiger partial charge >= 0.3 is 0 Å². The summed E-state index contributed by atoms with van der Waals surface area (Å²) in [5.41, 5.74) is 5.52. The second-order valence-electron chi connectivity index (χ2n) is 7.91. The standard InChI is InChI=1S/C29H22N2O2/c32-21-30-27-15-11-23(12-16-27)19-29(25-7-3-1-4-8-25,26-9-5-2-6-10-26)20-24-13-17-28(18-14-24)31-22-33/h1-18H,19-20H2. The summed E-state index contributed by atoms with van der Waals surface area (Å²) in [5.74, 6) is 0. The van der Waals surface area contributed by atoms with E-state index in [9.17, 15) is 9.59 Å². The number of benzene rings is 4. The Morgan fingerprint density at radius 2 is 0.879 bits per heavy atom. The van der Waals surface area contributed by atoms with Crippen molar-refractivity contribution in [2.75, 3.05) is 0 Å². The zero-order chi connectivity index (χ0) is 22.9. The SMILES string of the molecule is O=C=Nc1ccc(CC(Cc2ccc(N=C=O)cc2)(c2ccccc2)c2ccccc2)cc1. The van der Waals surface area contributed by atoms with Crippen LogP contribution in [-0.4, -0.2) is 12.2 Å². The average Bonchev–Trinajstić information content (AvgIpc) is 2.87. The molecule has 4 aromatic carbocycles. The number of hydrogen-bond donors (Lipinski definition) is 0.